The lowest BCUT2D eigenvalue weighted by Crippen LogP contribution is -2.10. The minimum absolute atomic E-state index is 0.0367. The van der Waals surface area contributed by atoms with Crippen LogP contribution in [0, 0.1) is 0 Å². The first-order chi connectivity index (χ1) is 20.3. The van der Waals surface area contributed by atoms with Gasteiger partial charge in [0.25, 0.3) is 0 Å². The predicted molar refractivity (Wildman–Crippen MR) is 160 cm³/mol. The molecule has 1 atom stereocenters. The number of methoxy groups -OCH3 is 1. The zero-order valence-corrected chi connectivity index (χ0v) is 23.9. The molecule has 1 unspecified atom stereocenters. The van der Waals surface area contributed by atoms with Crippen molar-refractivity contribution >= 4 is 43.0 Å². The predicted octanol–water partition coefficient (Wildman–Crippen LogP) is 6.06. The number of para-hydroxylation sites is 2. The number of rotatable bonds is 5. The van der Waals surface area contributed by atoms with Gasteiger partial charge in [0.15, 0.2) is 5.75 Å². The zero-order valence-electron chi connectivity index (χ0n) is 22.3. The Balaban J connectivity index is 0.000000219. The van der Waals surface area contributed by atoms with Crippen LogP contribution in [0.25, 0.3) is 32.9 Å². The molecule has 0 spiro atoms. The van der Waals surface area contributed by atoms with Crippen LogP contribution in [0.5, 0.6) is 11.5 Å². The first-order valence-electron chi connectivity index (χ1n) is 12.9. The summed E-state index contributed by atoms with van der Waals surface area (Å²) in [6, 6.07) is 28.3. The Labute approximate surface area is 245 Å². The van der Waals surface area contributed by atoms with Gasteiger partial charge in [0.1, 0.15) is 21.7 Å². The average molecular weight is 596 g/mol. The van der Waals surface area contributed by atoms with Gasteiger partial charge in [-0.15, -0.1) is 0 Å². The van der Waals surface area contributed by atoms with Gasteiger partial charge in [0, 0.05) is 28.1 Å². The fraction of sp³-hybridized carbons (Fsp3) is 0.0625. The summed E-state index contributed by atoms with van der Waals surface area (Å²) >= 11 is -2.31. The van der Waals surface area contributed by atoms with Crippen LogP contribution >= 0.6 is 0 Å². The van der Waals surface area contributed by atoms with Crippen molar-refractivity contribution < 1.29 is 26.1 Å². The summed E-state index contributed by atoms with van der Waals surface area (Å²) in [6.45, 7) is 0. The highest BCUT2D eigenvalue weighted by Crippen LogP contribution is 2.39. The zero-order chi connectivity index (χ0) is 29.3. The molecule has 210 valence electrons. The summed E-state index contributed by atoms with van der Waals surface area (Å²) in [5.41, 5.74) is 4.83. The number of nitrogens with zero attached hydrogens (tertiary/aromatic N) is 2. The molecule has 0 aliphatic heterocycles. The summed E-state index contributed by atoms with van der Waals surface area (Å²) in [4.78, 5) is 8.70. The molecule has 0 fully saturated rings. The Morgan fingerprint density at radius 2 is 1.31 bits per heavy atom. The first-order valence-corrected chi connectivity index (χ1v) is 15.3. The fourth-order valence-electron chi connectivity index (χ4n) is 4.97. The summed E-state index contributed by atoms with van der Waals surface area (Å²) in [7, 11) is -2.42. The first kappa shape index (κ1) is 27.5. The Bertz CT molecular complexity index is 2090. The number of hydrogen-bond acceptors (Lipinski definition) is 8. The summed E-state index contributed by atoms with van der Waals surface area (Å²) < 4.78 is 58.9. The molecule has 1 aliphatic rings. The van der Waals surface area contributed by atoms with Gasteiger partial charge in [-0.2, -0.15) is 8.42 Å². The third-order valence-corrected chi connectivity index (χ3v) is 8.79. The fourth-order valence-corrected chi connectivity index (χ4v) is 6.38. The lowest BCUT2D eigenvalue weighted by atomic mass is 10.1. The summed E-state index contributed by atoms with van der Waals surface area (Å²) in [5.74, 6) is 0.993. The van der Waals surface area contributed by atoms with Crippen molar-refractivity contribution in [1.82, 2.24) is 9.97 Å². The van der Waals surface area contributed by atoms with Gasteiger partial charge >= 0.3 is 10.1 Å². The van der Waals surface area contributed by atoms with Gasteiger partial charge in [-0.05, 0) is 88.3 Å². The molecule has 7 rings (SSSR count). The van der Waals surface area contributed by atoms with Crippen LogP contribution in [0.3, 0.4) is 0 Å². The molecule has 6 aromatic rings. The smallest absolute Gasteiger partial charge is 0.339 e. The molecule has 0 amide bonds. The number of hydrogen-bond donors (Lipinski definition) is 0. The van der Waals surface area contributed by atoms with Crippen LogP contribution in [0.2, 0.25) is 0 Å². The van der Waals surface area contributed by atoms with E-state index in [2.05, 4.69) is 9.97 Å². The highest BCUT2D eigenvalue weighted by atomic mass is 32.2. The second kappa shape index (κ2) is 11.3. The maximum absolute atomic E-state index is 12.9. The maximum atomic E-state index is 12.9. The number of pyridine rings is 2. The highest BCUT2D eigenvalue weighted by Gasteiger charge is 2.24. The normalized spacial score (nSPS) is 12.6. The Hall–Kier alpha value is -4.64. The molecule has 1 aliphatic carbocycles. The van der Waals surface area contributed by atoms with Gasteiger partial charge < -0.3 is 13.5 Å². The molecular formula is C32H23N2O6S2-. The monoisotopic (exact) mass is 595 g/mol. The van der Waals surface area contributed by atoms with Gasteiger partial charge in [-0.25, -0.2) is 0 Å². The molecule has 0 N–H and O–H groups in total. The van der Waals surface area contributed by atoms with Crippen molar-refractivity contribution in [3.63, 3.8) is 0 Å². The van der Waals surface area contributed by atoms with Crippen LogP contribution in [0.15, 0.2) is 119 Å². The lowest BCUT2D eigenvalue weighted by Gasteiger charge is -2.10. The van der Waals surface area contributed by atoms with Gasteiger partial charge in [-0.3, -0.25) is 14.2 Å². The molecule has 0 saturated heterocycles. The molecule has 0 bridgehead atoms. The average Bonchev–Trinajstić information content (AvgIpc) is 3.38. The number of ether oxygens (including phenoxy) is 1. The van der Waals surface area contributed by atoms with Crippen molar-refractivity contribution in [1.29, 1.82) is 0 Å². The summed E-state index contributed by atoms with van der Waals surface area (Å²) in [5, 5.41) is 1.89. The SMILES string of the molecule is COc1cccc2cccnc12.O=S([O-])c1ccc2c(c1)Cc1cc(S(=O)(=O)Oc3cccc4cccnc34)ccc1-2. The van der Waals surface area contributed by atoms with E-state index in [1.54, 1.807) is 68.0 Å². The van der Waals surface area contributed by atoms with Crippen molar-refractivity contribution in [3.8, 4) is 22.6 Å². The van der Waals surface area contributed by atoms with Crippen molar-refractivity contribution in [2.45, 2.75) is 16.2 Å². The molecule has 42 heavy (non-hydrogen) atoms. The van der Waals surface area contributed by atoms with Gasteiger partial charge in [0.2, 0.25) is 0 Å². The Morgan fingerprint density at radius 1 is 0.738 bits per heavy atom. The topological polar surface area (TPSA) is 119 Å². The highest BCUT2D eigenvalue weighted by molar-refractivity contribution is 7.87. The molecular weight excluding hydrogens is 572 g/mol. The second-order valence-corrected chi connectivity index (χ2v) is 11.9. The van der Waals surface area contributed by atoms with Crippen LogP contribution in [0.1, 0.15) is 11.1 Å². The number of aromatic nitrogens is 2. The molecule has 0 radical (unpaired) electrons. The minimum atomic E-state index is -4.07. The van der Waals surface area contributed by atoms with E-state index in [-0.39, 0.29) is 15.5 Å². The van der Waals surface area contributed by atoms with E-state index in [9.17, 15) is 17.2 Å². The minimum Gasteiger partial charge on any atom is -0.768 e. The number of fused-ring (bicyclic) bond motifs is 5. The van der Waals surface area contributed by atoms with E-state index in [1.165, 1.54) is 6.07 Å². The van der Waals surface area contributed by atoms with E-state index in [4.69, 9.17) is 8.92 Å². The standard InChI is InChI=1S/C22H15NO5S2.C10H9NO/c24-29(25)17-6-8-19-15(12-17)11-16-13-18(7-9-20(16)19)30(26,27)28-21-5-1-3-14-4-2-10-23-22(14)21;1-12-9-6-2-4-8-5-3-7-11-10(8)9/h1-10,12-13H,11H2,(H,24,25);2-7H,1H3/p-1. The quantitative estimate of drug-likeness (QED) is 0.174. The lowest BCUT2D eigenvalue weighted by molar-refractivity contribution is 0.419. The van der Waals surface area contributed by atoms with E-state index in [1.807, 2.05) is 42.5 Å². The van der Waals surface area contributed by atoms with Crippen LogP contribution in [-0.2, 0) is 27.6 Å². The van der Waals surface area contributed by atoms with Crippen molar-refractivity contribution in [2.75, 3.05) is 7.11 Å². The van der Waals surface area contributed by atoms with Crippen molar-refractivity contribution in [2.24, 2.45) is 0 Å². The molecule has 10 heteroatoms. The number of benzene rings is 4. The molecule has 8 nitrogen and oxygen atoms in total. The third-order valence-electron chi connectivity index (χ3n) is 6.92. The molecule has 2 heterocycles. The largest absolute Gasteiger partial charge is 0.768 e. The van der Waals surface area contributed by atoms with Crippen LogP contribution in [-0.4, -0.2) is 34.3 Å². The van der Waals surface area contributed by atoms with Crippen LogP contribution in [0.4, 0.5) is 0 Å². The maximum Gasteiger partial charge on any atom is 0.339 e. The van der Waals surface area contributed by atoms with Crippen LogP contribution < -0.4 is 8.92 Å². The Kier molecular flexibility index (Phi) is 7.42. The summed E-state index contributed by atoms with van der Waals surface area (Å²) in [6.07, 6.45) is 3.80. The van der Waals surface area contributed by atoms with E-state index in [0.717, 1.165) is 44.3 Å². The molecule has 0 saturated carbocycles. The van der Waals surface area contributed by atoms with Gasteiger partial charge in [-0.1, -0.05) is 48.5 Å². The van der Waals surface area contributed by atoms with Crippen molar-refractivity contribution in [3.05, 3.63) is 121 Å². The molecule has 2 aromatic heterocycles. The Morgan fingerprint density at radius 3 is 1.95 bits per heavy atom. The third kappa shape index (κ3) is 5.35. The van der Waals surface area contributed by atoms with E-state index < -0.39 is 21.2 Å². The van der Waals surface area contributed by atoms with E-state index >= 15 is 0 Å². The molecule has 4 aromatic carbocycles. The van der Waals surface area contributed by atoms with Gasteiger partial charge in [0.05, 0.1) is 7.11 Å². The van der Waals surface area contributed by atoms with E-state index in [0.29, 0.717) is 11.9 Å². The second-order valence-electron chi connectivity index (χ2n) is 9.45.